The summed E-state index contributed by atoms with van der Waals surface area (Å²) in [5, 5.41) is 8.92. The minimum atomic E-state index is -0.575. The van der Waals surface area contributed by atoms with Crippen molar-refractivity contribution >= 4 is 5.91 Å². The fourth-order valence-corrected chi connectivity index (χ4v) is 2.83. The molecule has 1 amide bonds. The Bertz CT molecular complexity index is 764. The van der Waals surface area contributed by atoms with Gasteiger partial charge in [0.1, 0.15) is 5.75 Å². The Labute approximate surface area is 135 Å². The Morgan fingerprint density at radius 2 is 2.00 bits per heavy atom. The molecule has 0 aliphatic carbocycles. The summed E-state index contributed by atoms with van der Waals surface area (Å²) < 4.78 is 5.72. The maximum Gasteiger partial charge on any atom is 0.263 e. The van der Waals surface area contributed by atoms with E-state index in [0.717, 1.165) is 6.42 Å². The first-order chi connectivity index (χ1) is 11.2. The molecule has 0 saturated carbocycles. The number of hydrogen-bond acceptors (Lipinski definition) is 3. The van der Waals surface area contributed by atoms with Crippen molar-refractivity contribution in [1.29, 1.82) is 5.26 Å². The van der Waals surface area contributed by atoms with Crippen LogP contribution in [0.25, 0.3) is 0 Å². The second-order valence-electron chi connectivity index (χ2n) is 5.68. The van der Waals surface area contributed by atoms with E-state index >= 15 is 0 Å². The Hall–Kier alpha value is -2.80. The highest BCUT2D eigenvalue weighted by Gasteiger charge is 2.25. The molecule has 4 nitrogen and oxygen atoms in total. The normalized spacial score (nSPS) is 14.5. The van der Waals surface area contributed by atoms with E-state index in [1.807, 2.05) is 17.0 Å². The van der Waals surface area contributed by atoms with E-state index in [1.54, 1.807) is 31.2 Å². The lowest BCUT2D eigenvalue weighted by molar-refractivity contribution is -0.138. The third-order valence-electron chi connectivity index (χ3n) is 4.07. The van der Waals surface area contributed by atoms with E-state index < -0.39 is 6.10 Å². The lowest BCUT2D eigenvalue weighted by atomic mass is 9.99. The highest BCUT2D eigenvalue weighted by atomic mass is 16.5. The van der Waals surface area contributed by atoms with Crippen molar-refractivity contribution in [3.63, 3.8) is 0 Å². The first-order valence-corrected chi connectivity index (χ1v) is 7.70. The van der Waals surface area contributed by atoms with Crippen LogP contribution in [0.3, 0.4) is 0 Å². The first-order valence-electron chi connectivity index (χ1n) is 7.70. The van der Waals surface area contributed by atoms with Gasteiger partial charge in [-0.1, -0.05) is 30.3 Å². The van der Waals surface area contributed by atoms with E-state index in [0.29, 0.717) is 24.4 Å². The number of nitrogens with zero attached hydrogens (tertiary/aromatic N) is 2. The molecule has 0 unspecified atom stereocenters. The standard InChI is InChI=1S/C19H18N2O2/c1-14(23-18-8-4-5-15(11-18)12-20)19(22)21-10-9-16-6-2-3-7-17(16)13-21/h2-8,11,14H,9-10,13H2,1H3/t14-/m1/s1. The molecule has 1 aliphatic heterocycles. The quantitative estimate of drug-likeness (QED) is 0.876. The molecule has 1 atom stereocenters. The Balaban J connectivity index is 1.67. The summed E-state index contributed by atoms with van der Waals surface area (Å²) in [4.78, 5) is 14.4. The predicted molar refractivity (Wildman–Crippen MR) is 86.8 cm³/mol. The summed E-state index contributed by atoms with van der Waals surface area (Å²) in [5.74, 6) is 0.518. The fourth-order valence-electron chi connectivity index (χ4n) is 2.83. The Morgan fingerprint density at radius 1 is 1.22 bits per heavy atom. The summed E-state index contributed by atoms with van der Waals surface area (Å²) in [6.45, 7) is 3.09. The number of amides is 1. The monoisotopic (exact) mass is 306 g/mol. The zero-order valence-corrected chi connectivity index (χ0v) is 13.0. The zero-order chi connectivity index (χ0) is 16.2. The topological polar surface area (TPSA) is 53.3 Å². The third kappa shape index (κ3) is 3.35. The molecule has 0 aromatic heterocycles. The van der Waals surface area contributed by atoms with E-state index in [4.69, 9.17) is 10.00 Å². The largest absolute Gasteiger partial charge is 0.481 e. The van der Waals surface area contributed by atoms with Crippen molar-refractivity contribution in [2.75, 3.05) is 6.54 Å². The molecule has 3 rings (SSSR count). The van der Waals surface area contributed by atoms with Crippen LogP contribution in [-0.2, 0) is 17.8 Å². The molecular weight excluding hydrogens is 288 g/mol. The predicted octanol–water partition coefficient (Wildman–Crippen LogP) is 2.91. The van der Waals surface area contributed by atoms with Gasteiger partial charge in [0.05, 0.1) is 11.6 Å². The van der Waals surface area contributed by atoms with Crippen LogP contribution in [0, 0.1) is 11.3 Å². The van der Waals surface area contributed by atoms with Crippen molar-refractivity contribution in [3.05, 3.63) is 65.2 Å². The van der Waals surface area contributed by atoms with Gasteiger partial charge in [-0.15, -0.1) is 0 Å². The number of carbonyl (C=O) groups excluding carboxylic acids is 1. The van der Waals surface area contributed by atoms with Crippen LogP contribution in [0.2, 0.25) is 0 Å². The number of carbonyl (C=O) groups is 1. The zero-order valence-electron chi connectivity index (χ0n) is 13.0. The van der Waals surface area contributed by atoms with Crippen LogP contribution in [-0.4, -0.2) is 23.5 Å². The van der Waals surface area contributed by atoms with Gasteiger partial charge in [0, 0.05) is 13.1 Å². The van der Waals surface area contributed by atoms with Gasteiger partial charge in [0.15, 0.2) is 6.10 Å². The molecule has 23 heavy (non-hydrogen) atoms. The van der Waals surface area contributed by atoms with E-state index in [-0.39, 0.29) is 5.91 Å². The van der Waals surface area contributed by atoms with Gasteiger partial charge in [0.2, 0.25) is 0 Å². The van der Waals surface area contributed by atoms with Crippen molar-refractivity contribution in [1.82, 2.24) is 4.90 Å². The maximum atomic E-state index is 12.6. The lowest BCUT2D eigenvalue weighted by Crippen LogP contribution is -2.43. The van der Waals surface area contributed by atoms with E-state index in [9.17, 15) is 4.79 Å². The first kappa shape index (κ1) is 15.1. The van der Waals surface area contributed by atoms with Crippen molar-refractivity contribution in [2.45, 2.75) is 26.0 Å². The number of nitriles is 1. The Kier molecular flexibility index (Phi) is 4.29. The SMILES string of the molecule is C[C@@H](Oc1cccc(C#N)c1)C(=O)N1CCc2ccccc2C1. The summed E-state index contributed by atoms with van der Waals surface area (Å²) in [6, 6.07) is 17.2. The lowest BCUT2D eigenvalue weighted by Gasteiger charge is -2.31. The van der Waals surface area contributed by atoms with Gasteiger partial charge >= 0.3 is 0 Å². The maximum absolute atomic E-state index is 12.6. The molecule has 116 valence electrons. The highest BCUT2D eigenvalue weighted by molar-refractivity contribution is 5.81. The van der Waals surface area contributed by atoms with Crippen LogP contribution in [0.4, 0.5) is 0 Å². The number of hydrogen-bond donors (Lipinski definition) is 0. The van der Waals surface area contributed by atoms with Crippen molar-refractivity contribution < 1.29 is 9.53 Å². The highest BCUT2D eigenvalue weighted by Crippen LogP contribution is 2.20. The molecule has 2 aromatic carbocycles. The number of benzene rings is 2. The molecule has 0 bridgehead atoms. The van der Waals surface area contributed by atoms with Gasteiger partial charge in [-0.3, -0.25) is 4.79 Å². The average Bonchev–Trinajstić information content (AvgIpc) is 2.60. The number of ether oxygens (including phenoxy) is 1. The molecule has 2 aromatic rings. The fraction of sp³-hybridized carbons (Fsp3) is 0.263. The average molecular weight is 306 g/mol. The van der Waals surface area contributed by atoms with Gasteiger partial charge < -0.3 is 9.64 Å². The molecule has 0 radical (unpaired) electrons. The van der Waals surface area contributed by atoms with Crippen LogP contribution in [0.5, 0.6) is 5.75 Å². The summed E-state index contributed by atoms with van der Waals surface area (Å²) in [6.07, 6.45) is 0.299. The Morgan fingerprint density at radius 3 is 2.78 bits per heavy atom. The second kappa shape index (κ2) is 6.53. The molecule has 1 heterocycles. The van der Waals surface area contributed by atoms with Gasteiger partial charge in [-0.05, 0) is 42.7 Å². The minimum absolute atomic E-state index is 0.0261. The van der Waals surface area contributed by atoms with E-state index in [2.05, 4.69) is 18.2 Å². The minimum Gasteiger partial charge on any atom is -0.481 e. The smallest absolute Gasteiger partial charge is 0.263 e. The summed E-state index contributed by atoms with van der Waals surface area (Å²) in [7, 11) is 0. The third-order valence-corrected chi connectivity index (χ3v) is 4.07. The molecule has 0 fully saturated rings. The van der Waals surface area contributed by atoms with E-state index in [1.165, 1.54) is 11.1 Å². The van der Waals surface area contributed by atoms with Gasteiger partial charge in [0.25, 0.3) is 5.91 Å². The van der Waals surface area contributed by atoms with Crippen molar-refractivity contribution in [2.24, 2.45) is 0 Å². The van der Waals surface area contributed by atoms with Crippen LogP contribution in [0.1, 0.15) is 23.6 Å². The van der Waals surface area contributed by atoms with Crippen LogP contribution < -0.4 is 4.74 Å². The second-order valence-corrected chi connectivity index (χ2v) is 5.68. The number of rotatable bonds is 3. The molecule has 0 N–H and O–H groups in total. The molecule has 0 spiro atoms. The molecule has 1 aliphatic rings. The number of fused-ring (bicyclic) bond motifs is 1. The molecule has 0 saturated heterocycles. The molecule has 4 heteroatoms. The van der Waals surface area contributed by atoms with Gasteiger partial charge in [-0.25, -0.2) is 0 Å². The summed E-state index contributed by atoms with van der Waals surface area (Å²) in [5.41, 5.74) is 3.03. The van der Waals surface area contributed by atoms with Gasteiger partial charge in [-0.2, -0.15) is 5.26 Å². The molecular formula is C19H18N2O2. The van der Waals surface area contributed by atoms with Crippen molar-refractivity contribution in [3.8, 4) is 11.8 Å². The summed E-state index contributed by atoms with van der Waals surface area (Å²) >= 11 is 0. The van der Waals surface area contributed by atoms with Crippen LogP contribution >= 0.6 is 0 Å². The van der Waals surface area contributed by atoms with Crippen LogP contribution in [0.15, 0.2) is 48.5 Å².